The third kappa shape index (κ3) is 5.27. The first-order valence-electron chi connectivity index (χ1n) is 11.7. The number of aromatic carboxylic acids is 1. The van der Waals surface area contributed by atoms with E-state index in [4.69, 9.17) is 5.11 Å². The molecule has 1 N–H and O–H groups in total. The largest absolute Gasteiger partial charge is 0.478 e. The van der Waals surface area contributed by atoms with Gasteiger partial charge in [0.2, 0.25) is 0 Å². The SMILES string of the molecule is O=C(O)c1cccc(C#Cc2ccc(-c3c4cccc(C(F)(F)F)c4nn3Cc3c(F)cc(F)cc3F)cc2)c1. The Bertz CT molecular complexity index is 1810. The van der Waals surface area contributed by atoms with Crippen LogP contribution in [0.3, 0.4) is 0 Å². The van der Waals surface area contributed by atoms with E-state index in [1.54, 1.807) is 36.4 Å². The number of rotatable bonds is 4. The van der Waals surface area contributed by atoms with E-state index in [1.807, 2.05) is 0 Å². The van der Waals surface area contributed by atoms with Crippen molar-refractivity contribution in [3.05, 3.63) is 124 Å². The Kier molecular flexibility index (Phi) is 6.81. The molecule has 0 bridgehead atoms. The molecular formula is C30H16F6N2O2. The molecular weight excluding hydrogens is 534 g/mol. The molecule has 200 valence electrons. The van der Waals surface area contributed by atoms with Crippen molar-refractivity contribution in [3.8, 4) is 23.1 Å². The number of hydrogen-bond donors (Lipinski definition) is 1. The van der Waals surface area contributed by atoms with Gasteiger partial charge < -0.3 is 5.11 Å². The van der Waals surface area contributed by atoms with Crippen molar-refractivity contribution in [3.63, 3.8) is 0 Å². The van der Waals surface area contributed by atoms with Gasteiger partial charge in [0, 0.05) is 39.8 Å². The molecule has 4 aromatic carbocycles. The molecule has 0 aliphatic heterocycles. The summed E-state index contributed by atoms with van der Waals surface area (Å²) in [5, 5.41) is 13.3. The lowest BCUT2D eigenvalue weighted by Gasteiger charge is -2.10. The molecule has 1 aromatic heterocycles. The van der Waals surface area contributed by atoms with Crippen molar-refractivity contribution in [1.29, 1.82) is 0 Å². The van der Waals surface area contributed by atoms with E-state index in [9.17, 15) is 31.1 Å². The second-order valence-electron chi connectivity index (χ2n) is 8.77. The monoisotopic (exact) mass is 550 g/mol. The Hall–Kier alpha value is -5.04. The van der Waals surface area contributed by atoms with Crippen LogP contribution in [-0.4, -0.2) is 20.9 Å². The Labute approximate surface area is 223 Å². The summed E-state index contributed by atoms with van der Waals surface area (Å²) in [5.74, 6) is 1.13. The van der Waals surface area contributed by atoms with E-state index in [0.717, 1.165) is 10.7 Å². The highest BCUT2D eigenvalue weighted by molar-refractivity contribution is 5.95. The van der Waals surface area contributed by atoms with Gasteiger partial charge in [-0.05, 0) is 36.4 Å². The van der Waals surface area contributed by atoms with Gasteiger partial charge in [-0.2, -0.15) is 18.3 Å². The van der Waals surface area contributed by atoms with Gasteiger partial charge in [0.1, 0.15) is 23.0 Å². The number of benzene rings is 4. The van der Waals surface area contributed by atoms with Gasteiger partial charge in [-0.25, -0.2) is 18.0 Å². The molecule has 5 rings (SSSR count). The van der Waals surface area contributed by atoms with Crippen LogP contribution >= 0.6 is 0 Å². The van der Waals surface area contributed by atoms with Gasteiger partial charge in [0.05, 0.1) is 23.4 Å². The molecule has 0 spiro atoms. The molecule has 4 nitrogen and oxygen atoms in total. The fraction of sp³-hybridized carbons (Fsp3) is 0.0667. The molecule has 0 unspecified atom stereocenters. The van der Waals surface area contributed by atoms with Crippen molar-refractivity contribution < 1.29 is 36.2 Å². The summed E-state index contributed by atoms with van der Waals surface area (Å²) in [6.45, 7) is -0.596. The summed E-state index contributed by atoms with van der Waals surface area (Å²) < 4.78 is 84.6. The lowest BCUT2D eigenvalue weighted by Crippen LogP contribution is -2.09. The maximum atomic E-state index is 14.5. The van der Waals surface area contributed by atoms with E-state index in [0.29, 0.717) is 28.8 Å². The fourth-order valence-corrected chi connectivity index (χ4v) is 4.26. The number of fused-ring (bicyclic) bond motifs is 1. The molecule has 0 aliphatic carbocycles. The van der Waals surface area contributed by atoms with Crippen LogP contribution in [0.25, 0.3) is 22.2 Å². The van der Waals surface area contributed by atoms with Gasteiger partial charge in [-0.3, -0.25) is 4.68 Å². The van der Waals surface area contributed by atoms with Gasteiger partial charge in [-0.1, -0.05) is 42.2 Å². The van der Waals surface area contributed by atoms with Crippen molar-refractivity contribution in [2.75, 3.05) is 0 Å². The van der Waals surface area contributed by atoms with E-state index >= 15 is 0 Å². The number of nitrogens with zero attached hydrogens (tertiary/aromatic N) is 2. The molecule has 40 heavy (non-hydrogen) atoms. The van der Waals surface area contributed by atoms with Crippen LogP contribution in [0.4, 0.5) is 26.3 Å². The highest BCUT2D eigenvalue weighted by Gasteiger charge is 2.34. The number of carbonyl (C=O) groups is 1. The average molecular weight is 550 g/mol. The van der Waals surface area contributed by atoms with E-state index in [1.165, 1.54) is 24.3 Å². The number of aromatic nitrogens is 2. The van der Waals surface area contributed by atoms with Crippen LogP contribution in [0, 0.1) is 29.3 Å². The van der Waals surface area contributed by atoms with Crippen LogP contribution in [0.1, 0.15) is 32.6 Å². The molecule has 5 aromatic rings. The molecule has 0 saturated heterocycles. The molecule has 0 amide bonds. The average Bonchev–Trinajstić information content (AvgIpc) is 3.27. The maximum Gasteiger partial charge on any atom is 0.418 e. The molecule has 1 heterocycles. The van der Waals surface area contributed by atoms with Crippen LogP contribution in [0.5, 0.6) is 0 Å². The van der Waals surface area contributed by atoms with Gasteiger partial charge in [0.25, 0.3) is 0 Å². The second-order valence-corrected chi connectivity index (χ2v) is 8.77. The third-order valence-electron chi connectivity index (χ3n) is 6.11. The molecule has 0 aliphatic rings. The predicted octanol–water partition coefficient (Wildman–Crippen LogP) is 7.29. The standard InChI is InChI=1S/C30H16F6N2O2/c31-21-14-25(32)23(26(33)15-21)16-38-28(22-5-2-6-24(27(22)37-38)30(34,35)36)19-11-9-17(10-12-19)7-8-18-3-1-4-20(13-18)29(39)40/h1-6,9-15H,16H2,(H,39,40). The lowest BCUT2D eigenvalue weighted by atomic mass is 10.0. The van der Waals surface area contributed by atoms with Gasteiger partial charge in [-0.15, -0.1) is 0 Å². The van der Waals surface area contributed by atoms with E-state index < -0.39 is 52.8 Å². The summed E-state index contributed by atoms with van der Waals surface area (Å²) in [4.78, 5) is 11.2. The van der Waals surface area contributed by atoms with Crippen molar-refractivity contribution in [2.24, 2.45) is 0 Å². The Morgan fingerprint density at radius 1 is 0.850 bits per heavy atom. The quantitative estimate of drug-likeness (QED) is 0.189. The Morgan fingerprint density at radius 2 is 1.50 bits per heavy atom. The first kappa shape index (κ1) is 26.6. The first-order chi connectivity index (χ1) is 19.0. The summed E-state index contributed by atoms with van der Waals surface area (Å²) >= 11 is 0. The maximum absolute atomic E-state index is 14.5. The minimum atomic E-state index is -4.74. The zero-order chi connectivity index (χ0) is 28.6. The van der Waals surface area contributed by atoms with Gasteiger partial charge >= 0.3 is 12.1 Å². The van der Waals surface area contributed by atoms with E-state index in [-0.39, 0.29) is 16.6 Å². The number of alkyl halides is 3. The predicted molar refractivity (Wildman–Crippen MR) is 135 cm³/mol. The minimum Gasteiger partial charge on any atom is -0.478 e. The highest BCUT2D eigenvalue weighted by atomic mass is 19.4. The van der Waals surface area contributed by atoms with Crippen molar-refractivity contribution in [2.45, 2.75) is 12.7 Å². The molecule has 0 saturated carbocycles. The van der Waals surface area contributed by atoms with Crippen molar-refractivity contribution in [1.82, 2.24) is 9.78 Å². The Balaban J connectivity index is 1.60. The minimum absolute atomic E-state index is 0.0783. The fourth-order valence-electron chi connectivity index (χ4n) is 4.26. The lowest BCUT2D eigenvalue weighted by molar-refractivity contribution is -0.136. The highest BCUT2D eigenvalue weighted by Crippen LogP contribution is 2.38. The topological polar surface area (TPSA) is 55.1 Å². The number of carboxylic acids is 1. The Morgan fingerprint density at radius 3 is 2.15 bits per heavy atom. The van der Waals surface area contributed by atoms with Crippen LogP contribution in [0.15, 0.2) is 78.9 Å². The first-order valence-corrected chi connectivity index (χ1v) is 11.7. The number of hydrogen-bond acceptors (Lipinski definition) is 2. The van der Waals surface area contributed by atoms with Crippen LogP contribution in [-0.2, 0) is 12.7 Å². The molecule has 0 fully saturated rings. The smallest absolute Gasteiger partial charge is 0.418 e. The number of carboxylic acid groups (broad SMARTS) is 1. The summed E-state index contributed by atoms with van der Waals surface area (Å²) in [7, 11) is 0. The summed E-state index contributed by atoms with van der Waals surface area (Å²) in [5.41, 5.74) is -0.362. The zero-order valence-corrected chi connectivity index (χ0v) is 20.2. The molecule has 0 radical (unpaired) electrons. The van der Waals surface area contributed by atoms with Crippen LogP contribution < -0.4 is 0 Å². The third-order valence-corrected chi connectivity index (χ3v) is 6.11. The van der Waals surface area contributed by atoms with Gasteiger partial charge in [0.15, 0.2) is 0 Å². The van der Waals surface area contributed by atoms with Crippen molar-refractivity contribution >= 4 is 16.9 Å². The summed E-state index contributed by atoms with van der Waals surface area (Å²) in [6.07, 6.45) is -4.74. The zero-order valence-electron chi connectivity index (χ0n) is 20.2. The van der Waals surface area contributed by atoms with Crippen LogP contribution in [0.2, 0.25) is 0 Å². The molecule has 10 heteroatoms. The van der Waals surface area contributed by atoms with E-state index in [2.05, 4.69) is 16.9 Å². The molecule has 0 atom stereocenters. The second kappa shape index (κ2) is 10.3. The number of halogens is 6. The normalized spacial score (nSPS) is 11.3. The summed E-state index contributed by atoms with van der Waals surface area (Å²) in [6, 6.07) is 16.9.